The van der Waals surface area contributed by atoms with Crippen LogP contribution in [0.1, 0.15) is 67.4 Å². The largest absolute Gasteiger partial charge is 0.371 e. The topological polar surface area (TPSA) is 72.3 Å². The summed E-state index contributed by atoms with van der Waals surface area (Å²) in [5.41, 5.74) is 3.35. The third-order valence-corrected chi connectivity index (χ3v) is 7.74. The summed E-state index contributed by atoms with van der Waals surface area (Å²) in [4.78, 5) is 21.4. The van der Waals surface area contributed by atoms with Crippen molar-refractivity contribution in [2.75, 3.05) is 36.4 Å². The van der Waals surface area contributed by atoms with E-state index in [0.717, 1.165) is 62.7 Å². The lowest BCUT2D eigenvalue weighted by Gasteiger charge is -2.42. The van der Waals surface area contributed by atoms with E-state index in [-0.39, 0.29) is 11.7 Å². The Balaban J connectivity index is 1.45. The van der Waals surface area contributed by atoms with Crippen LogP contribution in [0, 0.1) is 17.1 Å². The molecule has 0 radical (unpaired) electrons. The molecule has 3 aliphatic rings. The molecule has 0 unspecified atom stereocenters. The highest BCUT2D eigenvalue weighted by molar-refractivity contribution is 6.09. The average molecular weight is 464 g/mol. The predicted molar refractivity (Wildman–Crippen MR) is 134 cm³/mol. The summed E-state index contributed by atoms with van der Waals surface area (Å²) in [5.74, 6) is 0.434. The van der Waals surface area contributed by atoms with Gasteiger partial charge in [-0.1, -0.05) is 12.8 Å². The van der Waals surface area contributed by atoms with Gasteiger partial charge in [-0.2, -0.15) is 0 Å². The van der Waals surface area contributed by atoms with Crippen molar-refractivity contribution < 1.29 is 9.18 Å². The Kier molecular flexibility index (Phi) is 6.90. The number of nitrogens with one attached hydrogen (secondary N) is 2. The van der Waals surface area contributed by atoms with Gasteiger partial charge in [0.25, 0.3) is 0 Å². The fourth-order valence-electron chi connectivity index (χ4n) is 5.54. The zero-order valence-corrected chi connectivity index (χ0v) is 19.7. The number of aromatic nitrogens is 1. The first-order valence-corrected chi connectivity index (χ1v) is 12.7. The Morgan fingerprint density at radius 3 is 2.32 bits per heavy atom. The quantitative estimate of drug-likeness (QED) is 0.425. The zero-order valence-electron chi connectivity index (χ0n) is 19.7. The van der Waals surface area contributed by atoms with Crippen LogP contribution in [0.5, 0.6) is 0 Å². The summed E-state index contributed by atoms with van der Waals surface area (Å²) >= 11 is 0. The molecule has 3 fully saturated rings. The fourth-order valence-corrected chi connectivity index (χ4v) is 5.54. The van der Waals surface area contributed by atoms with E-state index in [0.29, 0.717) is 29.0 Å². The molecular weight excluding hydrogens is 429 g/mol. The van der Waals surface area contributed by atoms with E-state index in [4.69, 9.17) is 5.41 Å². The molecule has 0 spiro atoms. The molecule has 0 bridgehead atoms. The molecule has 3 heterocycles. The first-order valence-electron chi connectivity index (χ1n) is 12.7. The van der Waals surface area contributed by atoms with E-state index in [1.54, 1.807) is 12.1 Å². The maximum absolute atomic E-state index is 13.5. The van der Waals surface area contributed by atoms with Crippen LogP contribution in [-0.4, -0.2) is 54.1 Å². The van der Waals surface area contributed by atoms with Gasteiger partial charge in [-0.05, 0) is 81.9 Å². The predicted octanol–water partition coefficient (Wildman–Crippen LogP) is 5.40. The van der Waals surface area contributed by atoms with Crippen molar-refractivity contribution in [1.29, 1.82) is 5.41 Å². The normalized spacial score (nSPS) is 20.1. The molecule has 1 aromatic heterocycles. The SMILES string of the molecule is N=C(c1c(N2CCC(N3CCCCC3)CC2)cc(C=O)nc1Nc1ccc(F)cc1)C1CCC1. The summed E-state index contributed by atoms with van der Waals surface area (Å²) in [6.45, 7) is 4.23. The second-order valence-electron chi connectivity index (χ2n) is 9.90. The number of hydrogen-bond acceptors (Lipinski definition) is 6. The summed E-state index contributed by atoms with van der Waals surface area (Å²) in [6.07, 6.45) is 10.1. The molecule has 2 N–H and O–H groups in total. The fraction of sp³-hybridized carbons (Fsp3) is 0.519. The van der Waals surface area contributed by atoms with Crippen molar-refractivity contribution in [3.63, 3.8) is 0 Å². The number of hydrogen-bond donors (Lipinski definition) is 2. The van der Waals surface area contributed by atoms with Gasteiger partial charge in [-0.15, -0.1) is 0 Å². The molecule has 2 aliphatic heterocycles. The van der Waals surface area contributed by atoms with Crippen molar-refractivity contribution in [2.45, 2.75) is 57.4 Å². The number of carbonyl (C=O) groups is 1. The molecule has 7 heteroatoms. The lowest BCUT2D eigenvalue weighted by molar-refractivity contribution is 0.111. The molecule has 2 aromatic rings. The minimum atomic E-state index is -0.306. The van der Waals surface area contributed by atoms with Crippen LogP contribution >= 0.6 is 0 Å². The molecule has 0 atom stereocenters. The average Bonchev–Trinajstić information content (AvgIpc) is 2.84. The number of likely N-dealkylation sites (tertiary alicyclic amines) is 1. The van der Waals surface area contributed by atoms with Crippen molar-refractivity contribution in [2.24, 2.45) is 5.92 Å². The maximum atomic E-state index is 13.5. The molecule has 1 aliphatic carbocycles. The highest BCUT2D eigenvalue weighted by atomic mass is 19.1. The summed E-state index contributed by atoms with van der Waals surface area (Å²) < 4.78 is 13.5. The van der Waals surface area contributed by atoms with Gasteiger partial charge in [0.2, 0.25) is 0 Å². The standard InChI is InChI=1S/C27H34FN5O/c28-20-7-9-21(10-8-20)30-27-25(26(29)19-5-4-6-19)24(17-22(18-34)31-27)33-15-11-23(12-16-33)32-13-2-1-3-14-32/h7-10,17-19,23,29H,1-6,11-16H2,(H,30,31). The van der Waals surface area contributed by atoms with Crippen LogP contribution in [0.25, 0.3) is 0 Å². The second kappa shape index (κ2) is 10.2. The van der Waals surface area contributed by atoms with Gasteiger partial charge in [0.1, 0.15) is 17.3 Å². The van der Waals surface area contributed by atoms with Gasteiger partial charge in [-0.25, -0.2) is 9.37 Å². The van der Waals surface area contributed by atoms with Crippen LogP contribution in [-0.2, 0) is 0 Å². The van der Waals surface area contributed by atoms with Gasteiger partial charge < -0.3 is 20.5 Å². The Morgan fingerprint density at radius 1 is 1.00 bits per heavy atom. The number of rotatable bonds is 7. The van der Waals surface area contributed by atoms with Crippen LogP contribution in [0.2, 0.25) is 0 Å². The van der Waals surface area contributed by atoms with Crippen molar-refractivity contribution in [3.05, 3.63) is 47.4 Å². The Labute approximate surface area is 201 Å². The lowest BCUT2D eigenvalue weighted by Crippen LogP contribution is -2.47. The molecule has 1 aromatic carbocycles. The number of halogens is 1. The van der Waals surface area contributed by atoms with Crippen LogP contribution in [0.3, 0.4) is 0 Å². The number of anilines is 3. The molecule has 34 heavy (non-hydrogen) atoms. The number of aldehydes is 1. The number of pyridine rings is 1. The molecule has 2 saturated heterocycles. The van der Waals surface area contributed by atoms with Gasteiger partial charge in [0.15, 0.2) is 6.29 Å². The Morgan fingerprint density at radius 2 is 1.71 bits per heavy atom. The van der Waals surface area contributed by atoms with Crippen molar-refractivity contribution >= 4 is 29.2 Å². The smallest absolute Gasteiger partial charge is 0.168 e. The van der Waals surface area contributed by atoms with Crippen molar-refractivity contribution in [1.82, 2.24) is 9.88 Å². The third kappa shape index (κ3) is 4.85. The molecular formula is C27H34FN5O. The Bertz CT molecular complexity index is 1020. The number of benzene rings is 1. The van der Waals surface area contributed by atoms with E-state index in [1.807, 2.05) is 6.07 Å². The van der Waals surface area contributed by atoms with E-state index in [1.165, 1.54) is 44.5 Å². The molecule has 180 valence electrons. The molecule has 0 amide bonds. The van der Waals surface area contributed by atoms with Gasteiger partial charge in [0, 0.05) is 36.4 Å². The maximum Gasteiger partial charge on any atom is 0.168 e. The second-order valence-corrected chi connectivity index (χ2v) is 9.90. The number of nitrogens with zero attached hydrogens (tertiary/aromatic N) is 3. The van der Waals surface area contributed by atoms with E-state index < -0.39 is 0 Å². The first kappa shape index (κ1) is 23.0. The minimum absolute atomic E-state index is 0.224. The van der Waals surface area contributed by atoms with Gasteiger partial charge in [-0.3, -0.25) is 4.79 Å². The van der Waals surface area contributed by atoms with E-state index in [9.17, 15) is 9.18 Å². The number of piperidine rings is 2. The van der Waals surface area contributed by atoms with E-state index >= 15 is 0 Å². The summed E-state index contributed by atoms with van der Waals surface area (Å²) in [5, 5.41) is 12.3. The monoisotopic (exact) mass is 463 g/mol. The highest BCUT2D eigenvalue weighted by Crippen LogP contribution is 2.38. The third-order valence-electron chi connectivity index (χ3n) is 7.74. The van der Waals surface area contributed by atoms with Crippen LogP contribution < -0.4 is 10.2 Å². The minimum Gasteiger partial charge on any atom is -0.371 e. The summed E-state index contributed by atoms with van der Waals surface area (Å²) in [6, 6.07) is 8.59. The zero-order chi connectivity index (χ0) is 23.5. The number of carbonyl (C=O) groups excluding carboxylic acids is 1. The summed E-state index contributed by atoms with van der Waals surface area (Å²) in [7, 11) is 0. The van der Waals surface area contributed by atoms with Crippen LogP contribution in [0.4, 0.5) is 21.6 Å². The molecule has 6 nitrogen and oxygen atoms in total. The van der Waals surface area contributed by atoms with Crippen LogP contribution in [0.15, 0.2) is 30.3 Å². The van der Waals surface area contributed by atoms with Gasteiger partial charge >= 0.3 is 0 Å². The molecule has 5 rings (SSSR count). The van der Waals surface area contributed by atoms with E-state index in [2.05, 4.69) is 20.1 Å². The first-order chi connectivity index (χ1) is 16.6. The van der Waals surface area contributed by atoms with Gasteiger partial charge in [0.05, 0.1) is 11.3 Å². The van der Waals surface area contributed by atoms with Crippen molar-refractivity contribution in [3.8, 4) is 0 Å². The Hall–Kier alpha value is -2.80. The highest BCUT2D eigenvalue weighted by Gasteiger charge is 2.32. The molecule has 1 saturated carbocycles. The lowest BCUT2D eigenvalue weighted by atomic mass is 9.79.